The molecule has 1 fully saturated rings. The van der Waals surface area contributed by atoms with E-state index in [-0.39, 0.29) is 0 Å². The van der Waals surface area contributed by atoms with Crippen LogP contribution in [0.4, 0.5) is 0 Å². The lowest BCUT2D eigenvalue weighted by atomic mass is 9.99. The number of unbranched alkanes of at least 4 members (excludes halogenated alkanes) is 1. The van der Waals surface area contributed by atoms with E-state index >= 15 is 0 Å². The number of piperidine rings is 1. The third kappa shape index (κ3) is 6.28. The number of rotatable bonds is 6. The summed E-state index contributed by atoms with van der Waals surface area (Å²) < 4.78 is 0. The Hall–Kier alpha value is -0.770. The lowest BCUT2D eigenvalue weighted by Crippen LogP contribution is -2.48. The standard InChI is InChI=1S/C15H32N4/c1-5-6-9-17-15(16-4)18-11-14(3)19-10-7-8-13(2)12-19/h13-14H,5-12H2,1-4H3,(H2,16,17,18). The van der Waals surface area contributed by atoms with Crippen molar-refractivity contribution in [3.05, 3.63) is 0 Å². The number of nitrogens with one attached hydrogen (secondary N) is 2. The number of aliphatic imine (C=N–C) groups is 1. The first-order chi connectivity index (χ1) is 9.17. The SMILES string of the molecule is CCCCNC(=NC)NCC(C)N1CCCC(C)C1. The first-order valence-electron chi connectivity index (χ1n) is 7.86. The normalized spacial score (nSPS) is 23.2. The first kappa shape index (κ1) is 16.3. The number of guanidine groups is 1. The van der Waals surface area contributed by atoms with Gasteiger partial charge in [-0.15, -0.1) is 0 Å². The van der Waals surface area contributed by atoms with Gasteiger partial charge in [0.2, 0.25) is 0 Å². The van der Waals surface area contributed by atoms with Crippen molar-refractivity contribution >= 4 is 5.96 Å². The molecule has 1 aliphatic heterocycles. The highest BCUT2D eigenvalue weighted by atomic mass is 15.2. The minimum absolute atomic E-state index is 0.576. The van der Waals surface area contributed by atoms with Gasteiger partial charge in [-0.2, -0.15) is 0 Å². The molecule has 4 nitrogen and oxygen atoms in total. The molecule has 2 unspecified atom stereocenters. The largest absolute Gasteiger partial charge is 0.356 e. The molecule has 0 aromatic carbocycles. The van der Waals surface area contributed by atoms with E-state index in [0.29, 0.717) is 6.04 Å². The zero-order chi connectivity index (χ0) is 14.1. The molecule has 1 rings (SSSR count). The van der Waals surface area contributed by atoms with Gasteiger partial charge in [0.1, 0.15) is 0 Å². The molecule has 2 atom stereocenters. The van der Waals surface area contributed by atoms with E-state index in [0.717, 1.165) is 25.0 Å². The van der Waals surface area contributed by atoms with E-state index < -0.39 is 0 Å². The van der Waals surface area contributed by atoms with Crippen molar-refractivity contribution in [2.75, 3.05) is 33.2 Å². The molecule has 0 aromatic rings. The first-order valence-corrected chi connectivity index (χ1v) is 7.86. The van der Waals surface area contributed by atoms with Crippen LogP contribution in [0.5, 0.6) is 0 Å². The molecule has 1 saturated heterocycles. The molecule has 0 radical (unpaired) electrons. The fourth-order valence-electron chi connectivity index (χ4n) is 2.60. The third-order valence-corrected chi connectivity index (χ3v) is 3.92. The van der Waals surface area contributed by atoms with Crippen LogP contribution in [0.3, 0.4) is 0 Å². The van der Waals surface area contributed by atoms with E-state index in [2.05, 4.69) is 41.3 Å². The summed E-state index contributed by atoms with van der Waals surface area (Å²) in [6.45, 7) is 11.3. The third-order valence-electron chi connectivity index (χ3n) is 3.92. The molecular weight excluding hydrogens is 236 g/mol. The Balaban J connectivity index is 2.25. The second kappa shape index (κ2) is 9.18. The maximum atomic E-state index is 4.27. The number of hydrogen-bond donors (Lipinski definition) is 2. The van der Waals surface area contributed by atoms with Gasteiger partial charge in [-0.3, -0.25) is 9.89 Å². The van der Waals surface area contributed by atoms with Gasteiger partial charge in [0.15, 0.2) is 5.96 Å². The maximum Gasteiger partial charge on any atom is 0.191 e. The van der Waals surface area contributed by atoms with E-state index in [1.54, 1.807) is 0 Å². The van der Waals surface area contributed by atoms with E-state index in [4.69, 9.17) is 0 Å². The summed E-state index contributed by atoms with van der Waals surface area (Å²) in [7, 11) is 1.84. The number of likely N-dealkylation sites (tertiary alicyclic amines) is 1. The zero-order valence-electron chi connectivity index (χ0n) is 13.2. The maximum absolute atomic E-state index is 4.27. The summed E-state index contributed by atoms with van der Waals surface area (Å²) >= 11 is 0. The summed E-state index contributed by atoms with van der Waals surface area (Å²) in [5.74, 6) is 1.78. The van der Waals surface area contributed by atoms with Crippen LogP contribution in [-0.4, -0.2) is 50.1 Å². The van der Waals surface area contributed by atoms with Crippen molar-refractivity contribution in [1.82, 2.24) is 15.5 Å². The predicted octanol–water partition coefficient (Wildman–Crippen LogP) is 2.07. The molecule has 0 aromatic heterocycles. The van der Waals surface area contributed by atoms with Crippen molar-refractivity contribution < 1.29 is 0 Å². The lowest BCUT2D eigenvalue weighted by molar-refractivity contribution is 0.139. The molecule has 0 saturated carbocycles. The smallest absolute Gasteiger partial charge is 0.191 e. The fraction of sp³-hybridized carbons (Fsp3) is 0.933. The molecular formula is C15H32N4. The summed E-state index contributed by atoms with van der Waals surface area (Å²) in [6.07, 6.45) is 5.14. The van der Waals surface area contributed by atoms with Gasteiger partial charge in [0, 0.05) is 32.7 Å². The van der Waals surface area contributed by atoms with Gasteiger partial charge in [0.25, 0.3) is 0 Å². The Morgan fingerprint density at radius 2 is 2.21 bits per heavy atom. The van der Waals surface area contributed by atoms with Gasteiger partial charge in [0.05, 0.1) is 0 Å². The predicted molar refractivity (Wildman–Crippen MR) is 83.7 cm³/mol. The molecule has 112 valence electrons. The fourth-order valence-corrected chi connectivity index (χ4v) is 2.60. The molecule has 0 aliphatic carbocycles. The van der Waals surface area contributed by atoms with E-state index in [9.17, 15) is 0 Å². The van der Waals surface area contributed by atoms with Crippen LogP contribution in [0.1, 0.15) is 46.5 Å². The highest BCUT2D eigenvalue weighted by Gasteiger charge is 2.20. The summed E-state index contributed by atoms with van der Waals surface area (Å²) in [5, 5.41) is 6.80. The molecule has 4 heteroatoms. The van der Waals surface area contributed by atoms with Crippen LogP contribution in [0, 0.1) is 5.92 Å². The van der Waals surface area contributed by atoms with Gasteiger partial charge < -0.3 is 10.6 Å². The highest BCUT2D eigenvalue weighted by Crippen LogP contribution is 2.17. The highest BCUT2D eigenvalue weighted by molar-refractivity contribution is 5.79. The molecule has 0 amide bonds. The van der Waals surface area contributed by atoms with Crippen molar-refractivity contribution in [3.63, 3.8) is 0 Å². The molecule has 19 heavy (non-hydrogen) atoms. The quantitative estimate of drug-likeness (QED) is 0.440. The van der Waals surface area contributed by atoms with Crippen LogP contribution in [-0.2, 0) is 0 Å². The molecule has 0 spiro atoms. The molecule has 1 aliphatic rings. The minimum atomic E-state index is 0.576. The van der Waals surface area contributed by atoms with Crippen molar-refractivity contribution in [2.24, 2.45) is 10.9 Å². The Morgan fingerprint density at radius 3 is 2.84 bits per heavy atom. The van der Waals surface area contributed by atoms with Crippen LogP contribution in [0.2, 0.25) is 0 Å². The second-order valence-electron chi connectivity index (χ2n) is 5.82. The Labute approximate surface area is 119 Å². The molecule has 2 N–H and O–H groups in total. The average Bonchev–Trinajstić information content (AvgIpc) is 2.42. The molecule has 1 heterocycles. The topological polar surface area (TPSA) is 39.7 Å². The average molecular weight is 268 g/mol. The van der Waals surface area contributed by atoms with Gasteiger partial charge in [-0.25, -0.2) is 0 Å². The summed E-state index contributed by atoms with van der Waals surface area (Å²) in [4.78, 5) is 6.87. The van der Waals surface area contributed by atoms with E-state index in [1.807, 2.05) is 7.05 Å². The van der Waals surface area contributed by atoms with Gasteiger partial charge in [-0.05, 0) is 38.6 Å². The van der Waals surface area contributed by atoms with Crippen LogP contribution >= 0.6 is 0 Å². The van der Waals surface area contributed by atoms with Crippen molar-refractivity contribution in [1.29, 1.82) is 0 Å². The van der Waals surface area contributed by atoms with E-state index in [1.165, 1.54) is 38.8 Å². The molecule has 0 bridgehead atoms. The Morgan fingerprint density at radius 1 is 1.42 bits per heavy atom. The number of nitrogens with zero attached hydrogens (tertiary/aromatic N) is 2. The van der Waals surface area contributed by atoms with Crippen LogP contribution < -0.4 is 10.6 Å². The lowest BCUT2D eigenvalue weighted by Gasteiger charge is -2.35. The second-order valence-corrected chi connectivity index (χ2v) is 5.82. The van der Waals surface area contributed by atoms with Crippen molar-refractivity contribution in [3.8, 4) is 0 Å². The Kier molecular flexibility index (Phi) is 7.87. The van der Waals surface area contributed by atoms with Crippen LogP contribution in [0.15, 0.2) is 4.99 Å². The zero-order valence-corrected chi connectivity index (χ0v) is 13.2. The van der Waals surface area contributed by atoms with Gasteiger partial charge in [-0.1, -0.05) is 20.3 Å². The number of hydrogen-bond acceptors (Lipinski definition) is 2. The minimum Gasteiger partial charge on any atom is -0.356 e. The van der Waals surface area contributed by atoms with Crippen molar-refractivity contribution in [2.45, 2.75) is 52.5 Å². The summed E-state index contributed by atoms with van der Waals surface area (Å²) in [6, 6.07) is 0.576. The Bertz CT molecular complexity index is 265. The van der Waals surface area contributed by atoms with Crippen LogP contribution in [0.25, 0.3) is 0 Å². The van der Waals surface area contributed by atoms with Gasteiger partial charge >= 0.3 is 0 Å². The summed E-state index contributed by atoms with van der Waals surface area (Å²) in [5.41, 5.74) is 0. The monoisotopic (exact) mass is 268 g/mol.